The Morgan fingerprint density at radius 2 is 2.06 bits per heavy atom. The van der Waals surface area contributed by atoms with Gasteiger partial charge >= 0.3 is 6.03 Å². The van der Waals surface area contributed by atoms with Crippen LogP contribution < -0.4 is 10.6 Å². The lowest BCUT2D eigenvalue weighted by Crippen LogP contribution is -2.44. The quantitative estimate of drug-likeness (QED) is 0.811. The maximum absolute atomic E-state index is 11.5. The van der Waals surface area contributed by atoms with Gasteiger partial charge in [0.2, 0.25) is 0 Å². The van der Waals surface area contributed by atoms with Crippen LogP contribution in [0.1, 0.15) is 19.4 Å². The van der Waals surface area contributed by atoms with Gasteiger partial charge < -0.3 is 10.6 Å². The molecule has 0 unspecified atom stereocenters. The summed E-state index contributed by atoms with van der Waals surface area (Å²) in [5.41, 5.74) is 0.0364. The first-order valence-electron chi connectivity index (χ1n) is 4.97. The molecule has 5 heteroatoms. The lowest BCUT2D eigenvalue weighted by atomic mass is 10.1. The van der Waals surface area contributed by atoms with E-state index < -0.39 is 11.6 Å². The summed E-state index contributed by atoms with van der Waals surface area (Å²) >= 11 is 0. The Bertz CT molecular complexity index is 508. The van der Waals surface area contributed by atoms with E-state index in [0.29, 0.717) is 11.3 Å². The van der Waals surface area contributed by atoms with Crippen LogP contribution in [0.25, 0.3) is 0 Å². The number of hydrogen-bond acceptors (Lipinski definition) is 3. The van der Waals surface area contributed by atoms with E-state index in [-0.39, 0.29) is 0 Å². The fourth-order valence-electron chi connectivity index (χ4n) is 1.14. The van der Waals surface area contributed by atoms with Crippen molar-refractivity contribution >= 4 is 11.7 Å². The first-order chi connectivity index (χ1) is 7.96. The summed E-state index contributed by atoms with van der Waals surface area (Å²) in [5.74, 6) is 0. The maximum atomic E-state index is 11.5. The second-order valence-corrected chi connectivity index (χ2v) is 4.01. The van der Waals surface area contributed by atoms with Gasteiger partial charge in [0, 0.05) is 5.69 Å². The maximum Gasteiger partial charge on any atom is 0.320 e. The van der Waals surface area contributed by atoms with E-state index in [2.05, 4.69) is 10.6 Å². The zero-order chi connectivity index (χ0) is 12.9. The predicted molar refractivity (Wildman–Crippen MR) is 63.0 cm³/mol. The summed E-state index contributed by atoms with van der Waals surface area (Å²) < 4.78 is 0. The molecule has 0 radical (unpaired) electrons. The highest BCUT2D eigenvalue weighted by atomic mass is 16.2. The molecule has 0 fully saturated rings. The zero-order valence-electron chi connectivity index (χ0n) is 9.61. The topological polar surface area (TPSA) is 88.7 Å². The van der Waals surface area contributed by atoms with Crippen molar-refractivity contribution in [1.29, 1.82) is 10.5 Å². The van der Waals surface area contributed by atoms with Crippen LogP contribution in [0.2, 0.25) is 0 Å². The monoisotopic (exact) mass is 228 g/mol. The third-order valence-corrected chi connectivity index (χ3v) is 1.96. The molecule has 2 amide bonds. The Balaban J connectivity index is 2.70. The standard InChI is InChI=1S/C12H12N4O/c1-12(2,8-14)16-11(17)15-10-5-3-4-9(6-10)7-13/h3-6H,1-2H3,(H2,15,16,17). The molecule has 0 aliphatic carbocycles. The summed E-state index contributed by atoms with van der Waals surface area (Å²) in [5, 5.41) is 22.5. The van der Waals surface area contributed by atoms with E-state index >= 15 is 0 Å². The van der Waals surface area contributed by atoms with Gasteiger partial charge in [-0.15, -0.1) is 0 Å². The van der Waals surface area contributed by atoms with Gasteiger partial charge in [-0.1, -0.05) is 6.07 Å². The number of carbonyl (C=O) groups excluding carboxylic acids is 1. The molecular weight excluding hydrogens is 216 g/mol. The second-order valence-electron chi connectivity index (χ2n) is 4.01. The van der Waals surface area contributed by atoms with E-state index in [4.69, 9.17) is 10.5 Å². The summed E-state index contributed by atoms with van der Waals surface area (Å²) in [6.45, 7) is 3.19. The average Bonchev–Trinajstić information content (AvgIpc) is 2.28. The molecule has 17 heavy (non-hydrogen) atoms. The van der Waals surface area contributed by atoms with Crippen LogP contribution in [-0.4, -0.2) is 11.6 Å². The Hall–Kier alpha value is -2.53. The number of carbonyl (C=O) groups is 1. The minimum absolute atomic E-state index is 0.461. The van der Waals surface area contributed by atoms with Crippen molar-refractivity contribution in [3.8, 4) is 12.1 Å². The van der Waals surface area contributed by atoms with Gasteiger partial charge in [0.05, 0.1) is 17.7 Å². The van der Waals surface area contributed by atoms with E-state index in [9.17, 15) is 4.79 Å². The summed E-state index contributed by atoms with van der Waals surface area (Å²) in [4.78, 5) is 11.5. The number of nitrogens with one attached hydrogen (secondary N) is 2. The number of nitriles is 2. The highest BCUT2D eigenvalue weighted by Crippen LogP contribution is 2.10. The molecule has 0 heterocycles. The van der Waals surface area contributed by atoms with Crippen LogP contribution >= 0.6 is 0 Å². The van der Waals surface area contributed by atoms with Gasteiger partial charge in [0.25, 0.3) is 0 Å². The number of rotatable bonds is 2. The Morgan fingerprint density at radius 3 is 2.65 bits per heavy atom. The Morgan fingerprint density at radius 1 is 1.35 bits per heavy atom. The highest BCUT2D eigenvalue weighted by molar-refractivity contribution is 5.90. The number of amides is 2. The van der Waals surface area contributed by atoms with Crippen LogP contribution in [0, 0.1) is 22.7 Å². The molecular formula is C12H12N4O. The number of nitrogens with zero attached hydrogens (tertiary/aromatic N) is 2. The molecule has 0 bridgehead atoms. The third kappa shape index (κ3) is 3.84. The molecule has 0 spiro atoms. The Labute approximate surface area is 99.7 Å². The van der Waals surface area contributed by atoms with Crippen LogP contribution in [0.15, 0.2) is 24.3 Å². The molecule has 5 nitrogen and oxygen atoms in total. The minimum atomic E-state index is -0.934. The largest absolute Gasteiger partial charge is 0.320 e. The van der Waals surface area contributed by atoms with Crippen molar-refractivity contribution in [2.24, 2.45) is 0 Å². The number of hydrogen-bond donors (Lipinski definition) is 2. The first-order valence-corrected chi connectivity index (χ1v) is 4.97. The molecule has 1 aromatic rings. The molecule has 1 rings (SSSR count). The predicted octanol–water partition coefficient (Wildman–Crippen LogP) is 1.98. The van der Waals surface area contributed by atoms with Crippen molar-refractivity contribution in [1.82, 2.24) is 5.32 Å². The van der Waals surface area contributed by atoms with Crippen LogP contribution in [0.4, 0.5) is 10.5 Å². The molecule has 1 aromatic carbocycles. The fourth-order valence-corrected chi connectivity index (χ4v) is 1.14. The second kappa shape index (κ2) is 5.00. The number of anilines is 1. The molecule has 2 N–H and O–H groups in total. The lowest BCUT2D eigenvalue weighted by molar-refractivity contribution is 0.246. The lowest BCUT2D eigenvalue weighted by Gasteiger charge is -2.17. The van der Waals surface area contributed by atoms with Gasteiger partial charge in [0.1, 0.15) is 5.54 Å². The van der Waals surface area contributed by atoms with E-state index in [0.717, 1.165) is 0 Å². The molecule has 86 valence electrons. The highest BCUT2D eigenvalue weighted by Gasteiger charge is 2.19. The van der Waals surface area contributed by atoms with E-state index in [1.807, 2.05) is 12.1 Å². The van der Waals surface area contributed by atoms with Crippen molar-refractivity contribution in [2.75, 3.05) is 5.32 Å². The fraction of sp³-hybridized carbons (Fsp3) is 0.250. The van der Waals surface area contributed by atoms with Crippen molar-refractivity contribution < 1.29 is 4.79 Å². The molecule has 0 saturated heterocycles. The van der Waals surface area contributed by atoms with Gasteiger partial charge in [0.15, 0.2) is 0 Å². The number of urea groups is 1. The molecule has 0 atom stereocenters. The molecule has 0 aromatic heterocycles. The summed E-state index contributed by atoms with van der Waals surface area (Å²) in [7, 11) is 0. The van der Waals surface area contributed by atoms with Gasteiger partial charge in [-0.25, -0.2) is 4.79 Å². The van der Waals surface area contributed by atoms with Gasteiger partial charge in [-0.05, 0) is 32.0 Å². The SMILES string of the molecule is CC(C)(C#N)NC(=O)Nc1cccc(C#N)c1. The summed E-state index contributed by atoms with van der Waals surface area (Å²) in [6.07, 6.45) is 0. The average molecular weight is 228 g/mol. The summed E-state index contributed by atoms with van der Waals surface area (Å²) in [6, 6.07) is 9.98. The van der Waals surface area contributed by atoms with E-state index in [1.54, 1.807) is 38.1 Å². The normalized spacial score (nSPS) is 9.88. The van der Waals surface area contributed by atoms with Crippen molar-refractivity contribution in [3.63, 3.8) is 0 Å². The van der Waals surface area contributed by atoms with E-state index in [1.165, 1.54) is 0 Å². The molecule has 0 aliphatic heterocycles. The zero-order valence-corrected chi connectivity index (χ0v) is 9.61. The minimum Gasteiger partial charge on any atom is -0.320 e. The number of benzene rings is 1. The van der Waals surface area contributed by atoms with Crippen LogP contribution in [0.5, 0.6) is 0 Å². The molecule has 0 aliphatic rings. The van der Waals surface area contributed by atoms with Crippen molar-refractivity contribution in [3.05, 3.63) is 29.8 Å². The van der Waals surface area contributed by atoms with Gasteiger partial charge in [-0.2, -0.15) is 10.5 Å². The van der Waals surface area contributed by atoms with Crippen molar-refractivity contribution in [2.45, 2.75) is 19.4 Å². The van der Waals surface area contributed by atoms with Crippen LogP contribution in [-0.2, 0) is 0 Å². The third-order valence-electron chi connectivity index (χ3n) is 1.96. The molecule has 0 saturated carbocycles. The Kier molecular flexibility index (Phi) is 3.69. The van der Waals surface area contributed by atoms with Crippen LogP contribution in [0.3, 0.4) is 0 Å². The first kappa shape index (κ1) is 12.5. The van der Waals surface area contributed by atoms with Gasteiger partial charge in [-0.3, -0.25) is 0 Å². The smallest absolute Gasteiger partial charge is 0.320 e.